The lowest BCUT2D eigenvalue weighted by Crippen LogP contribution is -2.19. The first-order valence-electron chi connectivity index (χ1n) is 5.80. The number of thioether (sulfide) groups is 1. The molecule has 2 heterocycles. The third-order valence-corrected chi connectivity index (χ3v) is 4.99. The van der Waals surface area contributed by atoms with Crippen molar-refractivity contribution in [2.75, 3.05) is 30.0 Å². The summed E-state index contributed by atoms with van der Waals surface area (Å²) in [5.41, 5.74) is 5.86. The maximum absolute atomic E-state index is 5.86. The fraction of sp³-hybridized carbons (Fsp3) is 0.727. The van der Waals surface area contributed by atoms with E-state index >= 15 is 0 Å². The van der Waals surface area contributed by atoms with Gasteiger partial charge in [0.25, 0.3) is 0 Å². The zero-order valence-corrected chi connectivity index (χ0v) is 11.5. The molecule has 90 valence electrons. The Hall–Kier alpha value is -0.420. The van der Waals surface area contributed by atoms with Gasteiger partial charge in [-0.15, -0.1) is 11.8 Å². The molecule has 3 nitrogen and oxygen atoms in total. The zero-order chi connectivity index (χ0) is 11.5. The van der Waals surface area contributed by atoms with E-state index in [9.17, 15) is 0 Å². The summed E-state index contributed by atoms with van der Waals surface area (Å²) in [5.74, 6) is 1.56. The van der Waals surface area contributed by atoms with Gasteiger partial charge in [0.05, 0.1) is 4.90 Å². The Morgan fingerprint density at radius 3 is 3.12 bits per heavy atom. The normalized spacial score (nSPS) is 20.6. The van der Waals surface area contributed by atoms with E-state index in [1.54, 1.807) is 23.3 Å². The van der Waals surface area contributed by atoms with Crippen molar-refractivity contribution in [3.63, 3.8) is 0 Å². The van der Waals surface area contributed by atoms with E-state index in [-0.39, 0.29) is 0 Å². The van der Waals surface area contributed by atoms with Gasteiger partial charge in [0.15, 0.2) is 5.82 Å². The molecule has 1 aromatic rings. The summed E-state index contributed by atoms with van der Waals surface area (Å²) in [6.07, 6.45) is 6.03. The van der Waals surface area contributed by atoms with Gasteiger partial charge in [0, 0.05) is 13.1 Å². The van der Waals surface area contributed by atoms with Gasteiger partial charge >= 0.3 is 0 Å². The van der Waals surface area contributed by atoms with Crippen LogP contribution >= 0.6 is 23.3 Å². The van der Waals surface area contributed by atoms with E-state index in [2.05, 4.69) is 22.5 Å². The molecule has 0 radical (unpaired) electrons. The maximum Gasteiger partial charge on any atom is 0.153 e. The summed E-state index contributed by atoms with van der Waals surface area (Å²) in [6.45, 7) is 4.61. The Labute approximate surface area is 106 Å². The molecule has 5 heteroatoms. The molecule has 1 atom stereocenters. The van der Waals surface area contributed by atoms with E-state index in [4.69, 9.17) is 5.73 Å². The van der Waals surface area contributed by atoms with Crippen molar-refractivity contribution < 1.29 is 0 Å². The number of rotatable bonds is 4. The highest BCUT2D eigenvalue weighted by Gasteiger charge is 2.25. The van der Waals surface area contributed by atoms with Gasteiger partial charge in [-0.1, -0.05) is 13.3 Å². The first-order valence-corrected chi connectivity index (χ1v) is 7.80. The van der Waals surface area contributed by atoms with Crippen LogP contribution in [0.1, 0.15) is 26.2 Å². The smallest absolute Gasteiger partial charge is 0.153 e. The van der Waals surface area contributed by atoms with Crippen molar-refractivity contribution >= 4 is 34.1 Å². The lowest BCUT2D eigenvalue weighted by Gasteiger charge is -2.17. The SMILES string of the molecule is CCCC1CCN(c2snc(N)c2SC)C1. The zero-order valence-electron chi connectivity index (χ0n) is 9.90. The van der Waals surface area contributed by atoms with Crippen LogP contribution in [-0.2, 0) is 0 Å². The molecule has 0 amide bonds. The minimum absolute atomic E-state index is 0.700. The van der Waals surface area contributed by atoms with Gasteiger partial charge in [-0.2, -0.15) is 4.37 Å². The molecule has 1 fully saturated rings. The molecule has 1 aliphatic rings. The standard InChI is InChI=1S/C11H19N3S2/c1-3-4-8-5-6-14(7-8)11-9(15-2)10(12)13-16-11/h8H,3-7H2,1-2H3,(H2,12,13). The van der Waals surface area contributed by atoms with Crippen molar-refractivity contribution in [3.05, 3.63) is 0 Å². The third-order valence-electron chi connectivity index (χ3n) is 3.13. The first-order chi connectivity index (χ1) is 7.76. The number of nitrogen functional groups attached to an aromatic ring is 1. The predicted octanol–water partition coefficient (Wildman–Crippen LogP) is 3.07. The van der Waals surface area contributed by atoms with Crippen LogP contribution < -0.4 is 10.6 Å². The first kappa shape index (κ1) is 12.0. The van der Waals surface area contributed by atoms with Crippen LogP contribution in [0.25, 0.3) is 0 Å². The second kappa shape index (κ2) is 5.27. The summed E-state index contributed by atoms with van der Waals surface area (Å²) in [5, 5.41) is 1.28. The molecular formula is C11H19N3S2. The van der Waals surface area contributed by atoms with Crippen molar-refractivity contribution in [3.8, 4) is 0 Å². The monoisotopic (exact) mass is 257 g/mol. The van der Waals surface area contributed by atoms with Crippen molar-refractivity contribution in [2.45, 2.75) is 31.1 Å². The lowest BCUT2D eigenvalue weighted by atomic mass is 10.0. The number of nitrogens with zero attached hydrogens (tertiary/aromatic N) is 2. The maximum atomic E-state index is 5.86. The highest BCUT2D eigenvalue weighted by molar-refractivity contribution is 7.99. The van der Waals surface area contributed by atoms with Gasteiger partial charge in [0.1, 0.15) is 5.00 Å². The molecular weight excluding hydrogens is 238 g/mol. The van der Waals surface area contributed by atoms with Crippen LogP contribution in [0.15, 0.2) is 4.90 Å². The van der Waals surface area contributed by atoms with E-state index in [0.717, 1.165) is 5.92 Å². The molecule has 0 bridgehead atoms. The largest absolute Gasteiger partial charge is 0.382 e. The Morgan fingerprint density at radius 1 is 1.62 bits per heavy atom. The van der Waals surface area contributed by atoms with E-state index in [1.165, 1.54) is 42.2 Å². The van der Waals surface area contributed by atoms with E-state index < -0.39 is 0 Å². The molecule has 0 saturated carbocycles. The summed E-state index contributed by atoms with van der Waals surface area (Å²) in [6, 6.07) is 0. The van der Waals surface area contributed by atoms with Crippen molar-refractivity contribution in [1.82, 2.24) is 4.37 Å². The van der Waals surface area contributed by atoms with Gasteiger partial charge in [-0.05, 0) is 36.5 Å². The average molecular weight is 257 g/mol. The third kappa shape index (κ3) is 2.30. The van der Waals surface area contributed by atoms with E-state index in [0.29, 0.717) is 5.82 Å². The Morgan fingerprint density at radius 2 is 2.44 bits per heavy atom. The number of aromatic nitrogens is 1. The second-order valence-corrected chi connectivity index (χ2v) is 5.86. The number of hydrogen-bond acceptors (Lipinski definition) is 5. The minimum atomic E-state index is 0.700. The molecule has 16 heavy (non-hydrogen) atoms. The van der Waals surface area contributed by atoms with Gasteiger partial charge < -0.3 is 10.6 Å². The molecule has 1 unspecified atom stereocenters. The fourth-order valence-electron chi connectivity index (χ4n) is 2.34. The van der Waals surface area contributed by atoms with Crippen molar-refractivity contribution in [2.24, 2.45) is 5.92 Å². The molecule has 0 aromatic carbocycles. The lowest BCUT2D eigenvalue weighted by molar-refractivity contribution is 0.530. The summed E-state index contributed by atoms with van der Waals surface area (Å²) in [4.78, 5) is 3.63. The number of anilines is 2. The van der Waals surface area contributed by atoms with E-state index in [1.807, 2.05) is 0 Å². The van der Waals surface area contributed by atoms with Crippen LogP contribution in [-0.4, -0.2) is 23.7 Å². The Bertz CT molecular complexity index is 351. The molecule has 0 spiro atoms. The predicted molar refractivity (Wildman–Crippen MR) is 73.5 cm³/mol. The average Bonchev–Trinajstić information content (AvgIpc) is 2.85. The van der Waals surface area contributed by atoms with Gasteiger partial charge in [0.2, 0.25) is 0 Å². The Kier molecular flexibility index (Phi) is 3.97. The topological polar surface area (TPSA) is 42.2 Å². The molecule has 2 rings (SSSR count). The van der Waals surface area contributed by atoms with Crippen LogP contribution in [0.5, 0.6) is 0 Å². The van der Waals surface area contributed by atoms with Crippen molar-refractivity contribution in [1.29, 1.82) is 0 Å². The number of hydrogen-bond donors (Lipinski definition) is 1. The molecule has 1 aromatic heterocycles. The minimum Gasteiger partial charge on any atom is -0.382 e. The second-order valence-electron chi connectivity index (χ2n) is 4.30. The summed E-state index contributed by atoms with van der Waals surface area (Å²) in [7, 11) is 0. The number of nitrogens with two attached hydrogens (primary N) is 1. The quantitative estimate of drug-likeness (QED) is 0.842. The molecule has 1 aliphatic heterocycles. The van der Waals surface area contributed by atoms with Crippen LogP contribution in [0.3, 0.4) is 0 Å². The van der Waals surface area contributed by atoms with Gasteiger partial charge in [-0.25, -0.2) is 0 Å². The molecule has 2 N–H and O–H groups in total. The summed E-state index contributed by atoms with van der Waals surface area (Å²) >= 11 is 3.26. The van der Waals surface area contributed by atoms with Crippen LogP contribution in [0.2, 0.25) is 0 Å². The molecule has 1 saturated heterocycles. The highest BCUT2D eigenvalue weighted by Crippen LogP contribution is 2.40. The molecule has 0 aliphatic carbocycles. The fourth-order valence-corrected chi connectivity index (χ4v) is 4.06. The Balaban J connectivity index is 2.08. The van der Waals surface area contributed by atoms with Crippen LogP contribution in [0, 0.1) is 5.92 Å². The van der Waals surface area contributed by atoms with Crippen LogP contribution in [0.4, 0.5) is 10.8 Å². The van der Waals surface area contributed by atoms with Gasteiger partial charge in [-0.3, -0.25) is 0 Å². The highest BCUT2D eigenvalue weighted by atomic mass is 32.2. The summed E-state index contributed by atoms with van der Waals surface area (Å²) < 4.78 is 4.26.